The minimum atomic E-state index is -1.85. The van der Waals surface area contributed by atoms with Crippen LogP contribution in [0.4, 0.5) is 0 Å². The summed E-state index contributed by atoms with van der Waals surface area (Å²) in [5.41, 5.74) is 1.53. The van der Waals surface area contributed by atoms with E-state index in [1.165, 1.54) is 6.92 Å². The number of pyridine rings is 2. The molecule has 2 aliphatic heterocycles. The molecule has 0 unspecified atom stereocenters. The van der Waals surface area contributed by atoms with E-state index in [-0.39, 0.29) is 42.0 Å². The highest BCUT2D eigenvalue weighted by Crippen LogP contribution is 2.41. The molecular formula is C26H27N3O7. The summed E-state index contributed by atoms with van der Waals surface area (Å²) < 4.78 is 12.3. The zero-order chi connectivity index (χ0) is 25.9. The molecule has 0 amide bonds. The van der Waals surface area contributed by atoms with E-state index < -0.39 is 23.6 Å². The van der Waals surface area contributed by atoms with Crippen LogP contribution in [0, 0.1) is 0 Å². The highest BCUT2D eigenvalue weighted by molar-refractivity contribution is 5.90. The molecule has 2 aliphatic rings. The molecule has 5 rings (SSSR count). The van der Waals surface area contributed by atoms with Crippen molar-refractivity contribution in [3.8, 4) is 17.1 Å². The van der Waals surface area contributed by atoms with Gasteiger partial charge in [-0.05, 0) is 51.7 Å². The molecule has 10 nitrogen and oxygen atoms in total. The van der Waals surface area contributed by atoms with Crippen LogP contribution in [0.3, 0.4) is 0 Å². The van der Waals surface area contributed by atoms with Crippen LogP contribution < -0.4 is 5.56 Å². The number of fused-ring (bicyclic) bond motifs is 5. The fourth-order valence-corrected chi connectivity index (χ4v) is 5.00. The van der Waals surface area contributed by atoms with Gasteiger partial charge in [-0.3, -0.25) is 4.79 Å². The Morgan fingerprint density at radius 1 is 1.31 bits per heavy atom. The molecule has 0 fully saturated rings. The van der Waals surface area contributed by atoms with Gasteiger partial charge in [-0.25, -0.2) is 14.6 Å². The molecule has 2 N–H and O–H groups in total. The monoisotopic (exact) mass is 493 g/mol. The fourth-order valence-electron chi connectivity index (χ4n) is 5.00. The van der Waals surface area contributed by atoms with Gasteiger partial charge < -0.3 is 29.2 Å². The van der Waals surface area contributed by atoms with Crippen molar-refractivity contribution in [3.05, 3.63) is 56.9 Å². The molecule has 2 aromatic heterocycles. The molecule has 2 atom stereocenters. The molecule has 3 aromatic rings. The molecule has 0 saturated heterocycles. The van der Waals surface area contributed by atoms with Gasteiger partial charge >= 0.3 is 11.9 Å². The number of carbonyl (C=O) groups excluding carboxylic acids is 2. The number of nitrogens with zero attached hydrogens (tertiary/aromatic N) is 3. The van der Waals surface area contributed by atoms with E-state index >= 15 is 0 Å². The Morgan fingerprint density at radius 3 is 2.72 bits per heavy atom. The molecular weight excluding hydrogens is 466 g/mol. The molecule has 188 valence electrons. The Bertz CT molecular complexity index is 1490. The average Bonchev–Trinajstić information content (AvgIpc) is 3.19. The summed E-state index contributed by atoms with van der Waals surface area (Å²) in [6.45, 7) is 3.42. The third-order valence-electron chi connectivity index (χ3n) is 6.84. The third kappa shape index (κ3) is 3.48. The molecule has 36 heavy (non-hydrogen) atoms. The fraction of sp³-hybridized carbons (Fsp3) is 0.385. The largest absolute Gasteiger partial charge is 0.508 e. The maximum atomic E-state index is 13.6. The molecule has 0 aliphatic carbocycles. The summed E-state index contributed by atoms with van der Waals surface area (Å²) in [4.78, 5) is 45.6. The van der Waals surface area contributed by atoms with Crippen molar-refractivity contribution in [1.29, 1.82) is 0 Å². The van der Waals surface area contributed by atoms with Crippen molar-refractivity contribution in [2.75, 3.05) is 14.1 Å². The minimum absolute atomic E-state index is 0.0192. The Balaban J connectivity index is 1.72. The SMILES string of the molecule is CC[C@@]1(OC(=O)[C@@H](C)O)C(=O)OCc2c1cc1n(c2=O)Cc2cc3c(CN(C)C)c(O)ccc3nc2-1. The number of hydrogen-bond acceptors (Lipinski definition) is 9. The van der Waals surface area contributed by atoms with Crippen molar-refractivity contribution in [2.45, 2.75) is 51.7 Å². The van der Waals surface area contributed by atoms with Crippen LogP contribution in [0.5, 0.6) is 5.75 Å². The zero-order valence-corrected chi connectivity index (χ0v) is 20.5. The quantitative estimate of drug-likeness (QED) is 0.399. The van der Waals surface area contributed by atoms with Gasteiger partial charge in [-0.1, -0.05) is 6.92 Å². The number of cyclic esters (lactones) is 1. The normalized spacial score (nSPS) is 19.0. The number of rotatable bonds is 5. The number of esters is 2. The number of aliphatic hydroxyl groups excluding tert-OH is 1. The predicted octanol–water partition coefficient (Wildman–Crippen LogP) is 1.78. The van der Waals surface area contributed by atoms with Crippen LogP contribution in [0.25, 0.3) is 22.3 Å². The summed E-state index contributed by atoms with van der Waals surface area (Å²) in [6.07, 6.45) is -1.44. The van der Waals surface area contributed by atoms with Crippen LogP contribution >= 0.6 is 0 Å². The first kappa shape index (κ1) is 24.0. The van der Waals surface area contributed by atoms with Gasteiger partial charge in [0.2, 0.25) is 5.60 Å². The first-order valence-corrected chi connectivity index (χ1v) is 11.7. The Labute approximate surface area is 206 Å². The Kier molecular flexibility index (Phi) is 5.60. The van der Waals surface area contributed by atoms with Crippen LogP contribution in [0.1, 0.15) is 42.5 Å². The van der Waals surface area contributed by atoms with Crippen molar-refractivity contribution in [2.24, 2.45) is 0 Å². The van der Waals surface area contributed by atoms with Crippen molar-refractivity contribution in [3.63, 3.8) is 0 Å². The summed E-state index contributed by atoms with van der Waals surface area (Å²) in [5, 5.41) is 21.0. The van der Waals surface area contributed by atoms with Crippen LogP contribution in [0.15, 0.2) is 29.1 Å². The number of aliphatic hydroxyl groups is 1. The predicted molar refractivity (Wildman–Crippen MR) is 129 cm³/mol. The van der Waals surface area contributed by atoms with Gasteiger partial charge in [0, 0.05) is 28.6 Å². The first-order valence-electron chi connectivity index (χ1n) is 11.7. The number of benzene rings is 1. The van der Waals surface area contributed by atoms with E-state index in [0.717, 1.165) is 16.5 Å². The number of aromatic hydroxyl groups is 1. The molecule has 0 spiro atoms. The number of hydrogen-bond donors (Lipinski definition) is 2. The smallest absolute Gasteiger partial charge is 0.355 e. The molecule has 0 bridgehead atoms. The van der Waals surface area contributed by atoms with Crippen molar-refractivity contribution >= 4 is 22.8 Å². The zero-order valence-electron chi connectivity index (χ0n) is 20.5. The highest BCUT2D eigenvalue weighted by atomic mass is 16.6. The summed E-state index contributed by atoms with van der Waals surface area (Å²) in [6, 6.07) is 6.93. The highest BCUT2D eigenvalue weighted by Gasteiger charge is 2.50. The van der Waals surface area contributed by atoms with Gasteiger partial charge in [0.25, 0.3) is 5.56 Å². The van der Waals surface area contributed by atoms with Crippen LogP contribution in [-0.2, 0) is 44.4 Å². The van der Waals surface area contributed by atoms with E-state index in [9.17, 15) is 24.6 Å². The number of phenolic OH excluding ortho intramolecular Hbond substituents is 1. The number of ether oxygens (including phenoxy) is 2. The molecule has 0 saturated carbocycles. The number of carbonyl (C=O) groups is 2. The summed E-state index contributed by atoms with van der Waals surface area (Å²) in [7, 11) is 3.82. The van der Waals surface area contributed by atoms with Gasteiger partial charge in [-0.15, -0.1) is 0 Å². The first-order chi connectivity index (χ1) is 17.1. The second-order valence-corrected chi connectivity index (χ2v) is 9.53. The van der Waals surface area contributed by atoms with Gasteiger partial charge in [0.15, 0.2) is 0 Å². The lowest BCUT2D eigenvalue weighted by molar-refractivity contribution is -0.193. The molecule has 1 aromatic carbocycles. The molecule has 4 heterocycles. The number of phenols is 1. The van der Waals surface area contributed by atoms with Crippen LogP contribution in [0.2, 0.25) is 0 Å². The second kappa shape index (κ2) is 8.42. The second-order valence-electron chi connectivity index (χ2n) is 9.53. The lowest BCUT2D eigenvalue weighted by Gasteiger charge is -2.35. The summed E-state index contributed by atoms with van der Waals surface area (Å²) >= 11 is 0. The van der Waals surface area contributed by atoms with Crippen LogP contribution in [-0.4, -0.2) is 56.8 Å². The maximum absolute atomic E-state index is 13.6. The average molecular weight is 494 g/mol. The topological polar surface area (TPSA) is 131 Å². The lowest BCUT2D eigenvalue weighted by Crippen LogP contribution is -2.48. The van der Waals surface area contributed by atoms with E-state index in [1.54, 1.807) is 29.7 Å². The van der Waals surface area contributed by atoms with E-state index in [1.807, 2.05) is 25.1 Å². The number of aromatic nitrogens is 2. The summed E-state index contributed by atoms with van der Waals surface area (Å²) in [5.74, 6) is -1.60. The minimum Gasteiger partial charge on any atom is -0.508 e. The van der Waals surface area contributed by atoms with Crippen molar-refractivity contribution < 1.29 is 29.3 Å². The van der Waals surface area contributed by atoms with E-state index in [4.69, 9.17) is 14.5 Å². The van der Waals surface area contributed by atoms with E-state index in [2.05, 4.69) is 0 Å². The Morgan fingerprint density at radius 2 is 2.06 bits per heavy atom. The van der Waals surface area contributed by atoms with Gasteiger partial charge in [0.05, 0.1) is 29.0 Å². The lowest BCUT2D eigenvalue weighted by atomic mass is 9.85. The molecule has 10 heteroatoms. The maximum Gasteiger partial charge on any atom is 0.355 e. The van der Waals surface area contributed by atoms with Gasteiger partial charge in [-0.2, -0.15) is 0 Å². The van der Waals surface area contributed by atoms with E-state index in [0.29, 0.717) is 23.4 Å². The Hall–Kier alpha value is -3.76. The standard InChI is InChI=1S/C26H27N3O7/c1-5-26(36-24(33)13(2)30)18-9-20-22-14(10-29(20)23(32)17(18)12-35-25(26)34)8-15-16(11-28(3)4)21(31)7-6-19(15)27-22/h6-9,13,30-31H,5,10-12H2,1-4H3/t13-,26+/m1/s1. The van der Waals surface area contributed by atoms with Gasteiger partial charge in [0.1, 0.15) is 18.5 Å². The third-order valence-corrected chi connectivity index (χ3v) is 6.84. The van der Waals surface area contributed by atoms with Crippen molar-refractivity contribution in [1.82, 2.24) is 14.5 Å². The molecule has 0 radical (unpaired) electrons.